The molecule has 1 heterocycles. The minimum Gasteiger partial charge on any atom is -0.325 e. The molecule has 1 aromatic carbocycles. The number of carbonyl (C=O) groups excluding carboxylic acids is 1. The Morgan fingerprint density at radius 2 is 2.37 bits per heavy atom. The van der Waals surface area contributed by atoms with E-state index in [9.17, 15) is 4.79 Å². The van der Waals surface area contributed by atoms with Gasteiger partial charge in [0.15, 0.2) is 0 Å². The van der Waals surface area contributed by atoms with E-state index in [4.69, 9.17) is 0 Å². The van der Waals surface area contributed by atoms with Gasteiger partial charge in [0.2, 0.25) is 5.91 Å². The number of carbonyl (C=O) groups is 1. The number of aryl methyl sites for hydroxylation is 1. The molecule has 2 N–H and O–H groups in total. The summed E-state index contributed by atoms with van der Waals surface area (Å²) in [6.07, 6.45) is 1.11. The number of nitrogens with zero attached hydrogens (tertiary/aromatic N) is 1. The lowest BCUT2D eigenvalue weighted by atomic mass is 10.2. The molecule has 2 rings (SSSR count). The molecule has 1 aliphatic rings. The van der Waals surface area contributed by atoms with Crippen LogP contribution in [0.1, 0.15) is 12.0 Å². The van der Waals surface area contributed by atoms with Crippen molar-refractivity contribution in [2.45, 2.75) is 19.4 Å². The summed E-state index contributed by atoms with van der Waals surface area (Å²) in [5.74, 6) is 0.0381. The fourth-order valence-corrected chi connectivity index (χ4v) is 2.54. The maximum absolute atomic E-state index is 12.0. The van der Waals surface area contributed by atoms with E-state index in [0.717, 1.165) is 35.2 Å². The van der Waals surface area contributed by atoms with Crippen molar-refractivity contribution in [2.24, 2.45) is 0 Å². The van der Waals surface area contributed by atoms with Gasteiger partial charge in [0, 0.05) is 22.7 Å². The van der Waals surface area contributed by atoms with Crippen LogP contribution in [0.25, 0.3) is 0 Å². The molecule has 5 heteroatoms. The molecule has 19 heavy (non-hydrogen) atoms. The van der Waals surface area contributed by atoms with Crippen molar-refractivity contribution < 1.29 is 4.79 Å². The minimum atomic E-state index is 0.0381. The van der Waals surface area contributed by atoms with Gasteiger partial charge in [-0.3, -0.25) is 9.69 Å². The van der Waals surface area contributed by atoms with Crippen LogP contribution < -0.4 is 10.6 Å². The summed E-state index contributed by atoms with van der Waals surface area (Å²) in [5, 5.41) is 6.25. The van der Waals surface area contributed by atoms with Crippen LogP contribution in [0.15, 0.2) is 22.7 Å². The Morgan fingerprint density at radius 3 is 3.00 bits per heavy atom. The maximum atomic E-state index is 12.0. The second-order valence-electron chi connectivity index (χ2n) is 5.07. The maximum Gasteiger partial charge on any atom is 0.238 e. The smallest absolute Gasteiger partial charge is 0.238 e. The first-order valence-electron chi connectivity index (χ1n) is 6.53. The molecule has 1 unspecified atom stereocenters. The molecule has 0 bridgehead atoms. The van der Waals surface area contributed by atoms with E-state index in [-0.39, 0.29) is 5.91 Å². The third-order valence-corrected chi connectivity index (χ3v) is 4.38. The number of anilines is 1. The van der Waals surface area contributed by atoms with Crippen LogP contribution in [0.5, 0.6) is 0 Å². The molecule has 0 saturated carbocycles. The predicted octanol–water partition coefficient (Wildman–Crippen LogP) is 1.99. The van der Waals surface area contributed by atoms with E-state index >= 15 is 0 Å². The van der Waals surface area contributed by atoms with Crippen LogP contribution in [0.3, 0.4) is 0 Å². The van der Waals surface area contributed by atoms with Gasteiger partial charge < -0.3 is 10.6 Å². The predicted molar refractivity (Wildman–Crippen MR) is 81.4 cm³/mol. The summed E-state index contributed by atoms with van der Waals surface area (Å²) in [4.78, 5) is 14.1. The molecule has 0 radical (unpaired) electrons. The Bertz CT molecular complexity index is 458. The van der Waals surface area contributed by atoms with E-state index in [0.29, 0.717) is 12.6 Å². The van der Waals surface area contributed by atoms with Gasteiger partial charge in [0.05, 0.1) is 6.54 Å². The first kappa shape index (κ1) is 14.5. The van der Waals surface area contributed by atoms with Crippen molar-refractivity contribution in [1.82, 2.24) is 10.2 Å². The molecule has 1 atom stereocenters. The third kappa shape index (κ3) is 4.03. The SMILES string of the molecule is Cc1cc(NC(=O)CN(C)C2CCNC2)ccc1Br. The van der Waals surface area contributed by atoms with Crippen LogP contribution in [-0.4, -0.2) is 43.5 Å². The summed E-state index contributed by atoms with van der Waals surface area (Å²) in [6.45, 7) is 4.46. The normalized spacial score (nSPS) is 18.8. The first-order valence-corrected chi connectivity index (χ1v) is 7.32. The summed E-state index contributed by atoms with van der Waals surface area (Å²) < 4.78 is 1.06. The molecule has 1 saturated heterocycles. The van der Waals surface area contributed by atoms with E-state index in [2.05, 4.69) is 31.5 Å². The topological polar surface area (TPSA) is 44.4 Å². The molecular weight excluding hydrogens is 306 g/mol. The fourth-order valence-electron chi connectivity index (χ4n) is 2.29. The quantitative estimate of drug-likeness (QED) is 0.889. The lowest BCUT2D eigenvalue weighted by molar-refractivity contribution is -0.117. The Labute approximate surface area is 122 Å². The molecular formula is C14H20BrN3O. The van der Waals surface area contributed by atoms with E-state index in [1.54, 1.807) is 0 Å². The van der Waals surface area contributed by atoms with Gasteiger partial charge in [-0.2, -0.15) is 0 Å². The van der Waals surface area contributed by atoms with Crippen LogP contribution >= 0.6 is 15.9 Å². The average Bonchev–Trinajstić information content (AvgIpc) is 2.87. The molecule has 0 spiro atoms. The molecule has 1 aromatic rings. The van der Waals surface area contributed by atoms with Crippen molar-refractivity contribution in [2.75, 3.05) is 32.0 Å². The summed E-state index contributed by atoms with van der Waals surface area (Å²) in [5.41, 5.74) is 1.97. The molecule has 0 aromatic heterocycles. The monoisotopic (exact) mass is 325 g/mol. The van der Waals surface area contributed by atoms with Crippen molar-refractivity contribution in [3.63, 3.8) is 0 Å². The van der Waals surface area contributed by atoms with Crippen molar-refractivity contribution in [1.29, 1.82) is 0 Å². The highest BCUT2D eigenvalue weighted by molar-refractivity contribution is 9.10. The zero-order chi connectivity index (χ0) is 13.8. The molecule has 4 nitrogen and oxygen atoms in total. The van der Waals surface area contributed by atoms with Gasteiger partial charge in [-0.05, 0) is 50.7 Å². The lowest BCUT2D eigenvalue weighted by Gasteiger charge is -2.22. The van der Waals surface area contributed by atoms with Gasteiger partial charge >= 0.3 is 0 Å². The number of benzene rings is 1. The second kappa shape index (κ2) is 6.50. The summed E-state index contributed by atoms with van der Waals surface area (Å²) >= 11 is 3.45. The minimum absolute atomic E-state index is 0.0381. The number of hydrogen-bond acceptors (Lipinski definition) is 3. The Hall–Kier alpha value is -0.910. The van der Waals surface area contributed by atoms with Crippen LogP contribution in [-0.2, 0) is 4.79 Å². The number of likely N-dealkylation sites (N-methyl/N-ethyl adjacent to an activating group) is 1. The number of nitrogens with one attached hydrogen (secondary N) is 2. The molecule has 1 fully saturated rings. The highest BCUT2D eigenvalue weighted by Crippen LogP contribution is 2.20. The molecule has 1 amide bonds. The standard InChI is InChI=1S/C14H20BrN3O/c1-10-7-11(3-4-13(10)15)17-14(19)9-18(2)12-5-6-16-8-12/h3-4,7,12,16H,5-6,8-9H2,1-2H3,(H,17,19). The first-order chi connectivity index (χ1) is 9.06. The van der Waals surface area contributed by atoms with Gasteiger partial charge in [-0.15, -0.1) is 0 Å². The third-order valence-electron chi connectivity index (χ3n) is 3.49. The van der Waals surface area contributed by atoms with Crippen LogP contribution in [0, 0.1) is 6.92 Å². The number of halogens is 1. The van der Waals surface area contributed by atoms with E-state index < -0.39 is 0 Å². The highest BCUT2D eigenvalue weighted by atomic mass is 79.9. The van der Waals surface area contributed by atoms with Gasteiger partial charge in [0.1, 0.15) is 0 Å². The Kier molecular flexibility index (Phi) is 4.96. The van der Waals surface area contributed by atoms with E-state index in [1.807, 2.05) is 32.2 Å². The Morgan fingerprint density at radius 1 is 1.58 bits per heavy atom. The average molecular weight is 326 g/mol. The van der Waals surface area contributed by atoms with Crippen LogP contribution in [0.4, 0.5) is 5.69 Å². The van der Waals surface area contributed by atoms with Gasteiger partial charge in [-0.25, -0.2) is 0 Å². The number of rotatable bonds is 4. The zero-order valence-corrected chi connectivity index (χ0v) is 13.0. The molecule has 104 valence electrons. The second-order valence-corrected chi connectivity index (χ2v) is 5.93. The van der Waals surface area contributed by atoms with Crippen molar-refractivity contribution >= 4 is 27.5 Å². The largest absolute Gasteiger partial charge is 0.325 e. The Balaban J connectivity index is 1.88. The zero-order valence-electron chi connectivity index (χ0n) is 11.4. The van der Waals surface area contributed by atoms with Crippen molar-refractivity contribution in [3.8, 4) is 0 Å². The summed E-state index contributed by atoms with van der Waals surface area (Å²) in [6, 6.07) is 6.30. The number of hydrogen-bond donors (Lipinski definition) is 2. The lowest BCUT2D eigenvalue weighted by Crippen LogP contribution is -2.39. The fraction of sp³-hybridized carbons (Fsp3) is 0.500. The van der Waals surface area contributed by atoms with Crippen LogP contribution in [0.2, 0.25) is 0 Å². The van der Waals surface area contributed by atoms with Gasteiger partial charge in [0.25, 0.3) is 0 Å². The highest BCUT2D eigenvalue weighted by Gasteiger charge is 2.20. The number of amides is 1. The van der Waals surface area contributed by atoms with Gasteiger partial charge in [-0.1, -0.05) is 15.9 Å². The molecule has 1 aliphatic heterocycles. The molecule has 0 aliphatic carbocycles. The summed E-state index contributed by atoms with van der Waals surface area (Å²) in [7, 11) is 2.00. The van der Waals surface area contributed by atoms with Crippen molar-refractivity contribution in [3.05, 3.63) is 28.2 Å². The van der Waals surface area contributed by atoms with E-state index in [1.165, 1.54) is 0 Å².